The highest BCUT2D eigenvalue weighted by molar-refractivity contribution is 9.10. The van der Waals surface area contributed by atoms with Crippen molar-refractivity contribution < 1.29 is 0 Å². The number of imidazole rings is 1. The molecule has 3 rings (SSSR count). The number of benzene rings is 1. The standard InChI is InChI=1S/C15H15BrN4/c1-20-9-10(7-17)6-14(20)15-18-8-13(19-15)11-2-4-12(16)5-3-11/h2-5,8,10,14H,6,9H2,1H3,(H,18,19). The molecule has 2 atom stereocenters. The Hall–Kier alpha value is -1.64. The summed E-state index contributed by atoms with van der Waals surface area (Å²) in [5.41, 5.74) is 2.13. The van der Waals surface area contributed by atoms with E-state index >= 15 is 0 Å². The van der Waals surface area contributed by atoms with Gasteiger partial charge in [-0.15, -0.1) is 0 Å². The van der Waals surface area contributed by atoms with E-state index in [4.69, 9.17) is 5.26 Å². The summed E-state index contributed by atoms with van der Waals surface area (Å²) in [6, 6.07) is 10.7. The van der Waals surface area contributed by atoms with Crippen molar-refractivity contribution >= 4 is 15.9 Å². The van der Waals surface area contributed by atoms with E-state index in [9.17, 15) is 0 Å². The molecule has 1 saturated heterocycles. The molecule has 1 fully saturated rings. The van der Waals surface area contributed by atoms with Gasteiger partial charge < -0.3 is 4.98 Å². The van der Waals surface area contributed by atoms with Crippen LogP contribution in [0.3, 0.4) is 0 Å². The predicted octanol–water partition coefficient (Wildman–Crippen LogP) is 3.36. The van der Waals surface area contributed by atoms with Crippen molar-refractivity contribution in [2.45, 2.75) is 12.5 Å². The molecule has 0 bridgehead atoms. The van der Waals surface area contributed by atoms with Crippen LogP contribution in [0.4, 0.5) is 0 Å². The Bertz CT molecular complexity index is 641. The molecule has 20 heavy (non-hydrogen) atoms. The molecule has 2 aromatic rings. The van der Waals surface area contributed by atoms with E-state index in [1.807, 2.05) is 25.4 Å². The Balaban J connectivity index is 1.84. The summed E-state index contributed by atoms with van der Waals surface area (Å²) in [7, 11) is 2.05. The van der Waals surface area contributed by atoms with E-state index in [0.717, 1.165) is 34.5 Å². The number of halogens is 1. The molecule has 2 heterocycles. The van der Waals surface area contributed by atoms with Crippen molar-refractivity contribution in [3.05, 3.63) is 40.8 Å². The van der Waals surface area contributed by atoms with Crippen molar-refractivity contribution in [2.24, 2.45) is 5.92 Å². The van der Waals surface area contributed by atoms with E-state index in [2.05, 4.69) is 49.0 Å². The lowest BCUT2D eigenvalue weighted by atomic mass is 10.1. The SMILES string of the molecule is CN1CC(C#N)CC1c1ncc(-c2ccc(Br)cc2)[nH]1. The summed E-state index contributed by atoms with van der Waals surface area (Å²) in [5, 5.41) is 9.05. The Morgan fingerprint density at radius 1 is 1.40 bits per heavy atom. The molecule has 1 aliphatic rings. The van der Waals surface area contributed by atoms with Crippen LogP contribution in [0.1, 0.15) is 18.3 Å². The molecule has 0 amide bonds. The van der Waals surface area contributed by atoms with Crippen molar-refractivity contribution in [3.63, 3.8) is 0 Å². The van der Waals surface area contributed by atoms with Crippen molar-refractivity contribution in [1.29, 1.82) is 5.26 Å². The topological polar surface area (TPSA) is 55.7 Å². The zero-order chi connectivity index (χ0) is 14.1. The zero-order valence-corrected chi connectivity index (χ0v) is 12.8. The van der Waals surface area contributed by atoms with E-state index in [1.54, 1.807) is 0 Å². The van der Waals surface area contributed by atoms with Crippen LogP contribution in [0.25, 0.3) is 11.3 Å². The maximum absolute atomic E-state index is 9.05. The highest BCUT2D eigenvalue weighted by atomic mass is 79.9. The van der Waals surface area contributed by atoms with Crippen LogP contribution in [0, 0.1) is 17.2 Å². The summed E-state index contributed by atoms with van der Waals surface area (Å²) in [5.74, 6) is 1.05. The van der Waals surface area contributed by atoms with Crippen molar-refractivity contribution in [2.75, 3.05) is 13.6 Å². The Labute approximate surface area is 126 Å². The molecule has 0 saturated carbocycles. The van der Waals surface area contributed by atoms with Crippen LogP contribution in [0.5, 0.6) is 0 Å². The minimum Gasteiger partial charge on any atom is -0.341 e. The molecule has 1 N–H and O–H groups in total. The molecule has 0 spiro atoms. The van der Waals surface area contributed by atoms with E-state index < -0.39 is 0 Å². The normalized spacial score (nSPS) is 22.9. The van der Waals surface area contributed by atoms with Gasteiger partial charge in [-0.1, -0.05) is 28.1 Å². The van der Waals surface area contributed by atoms with Crippen LogP contribution < -0.4 is 0 Å². The quantitative estimate of drug-likeness (QED) is 0.918. The molecule has 102 valence electrons. The second-order valence-electron chi connectivity index (χ2n) is 5.21. The van der Waals surface area contributed by atoms with Crippen LogP contribution in [-0.2, 0) is 0 Å². The molecule has 1 aromatic heterocycles. The minimum atomic E-state index is 0.103. The number of aromatic nitrogens is 2. The average Bonchev–Trinajstić information content (AvgIpc) is 3.06. The van der Waals surface area contributed by atoms with Crippen molar-refractivity contribution in [1.82, 2.24) is 14.9 Å². The fraction of sp³-hybridized carbons (Fsp3) is 0.333. The molecule has 5 heteroatoms. The van der Waals surface area contributed by atoms with Gasteiger partial charge in [-0.25, -0.2) is 4.98 Å². The first-order valence-corrected chi connectivity index (χ1v) is 7.37. The molecule has 0 radical (unpaired) electrons. The maximum Gasteiger partial charge on any atom is 0.123 e. The van der Waals surface area contributed by atoms with E-state index in [1.165, 1.54) is 0 Å². The number of nitrogens with zero attached hydrogens (tertiary/aromatic N) is 3. The average molecular weight is 331 g/mol. The lowest BCUT2D eigenvalue weighted by Crippen LogP contribution is -2.19. The smallest absolute Gasteiger partial charge is 0.123 e. The number of nitriles is 1. The largest absolute Gasteiger partial charge is 0.341 e. The third kappa shape index (κ3) is 2.49. The second-order valence-corrected chi connectivity index (χ2v) is 6.12. The summed E-state index contributed by atoms with van der Waals surface area (Å²) >= 11 is 3.44. The van der Waals surface area contributed by atoms with Gasteiger partial charge in [0.15, 0.2) is 0 Å². The van der Waals surface area contributed by atoms with Gasteiger partial charge >= 0.3 is 0 Å². The van der Waals surface area contributed by atoms with Crippen LogP contribution in [0.15, 0.2) is 34.9 Å². The first kappa shape index (κ1) is 13.3. The lowest BCUT2D eigenvalue weighted by molar-refractivity contribution is 0.306. The third-order valence-corrected chi connectivity index (χ3v) is 4.33. The maximum atomic E-state index is 9.05. The molecule has 2 unspecified atom stereocenters. The fourth-order valence-electron chi connectivity index (χ4n) is 2.69. The number of hydrogen-bond acceptors (Lipinski definition) is 3. The Kier molecular flexibility index (Phi) is 3.60. The van der Waals surface area contributed by atoms with Gasteiger partial charge in [-0.3, -0.25) is 4.90 Å². The summed E-state index contributed by atoms with van der Waals surface area (Å²) < 4.78 is 1.06. The number of aromatic amines is 1. The van der Waals surface area contributed by atoms with Crippen LogP contribution in [0.2, 0.25) is 0 Å². The number of rotatable bonds is 2. The van der Waals surface area contributed by atoms with Crippen molar-refractivity contribution in [3.8, 4) is 17.3 Å². The second kappa shape index (κ2) is 5.39. The molecule has 1 aromatic carbocycles. The fourth-order valence-corrected chi connectivity index (χ4v) is 2.96. The van der Waals surface area contributed by atoms with Gasteiger partial charge in [0, 0.05) is 11.0 Å². The monoisotopic (exact) mass is 330 g/mol. The molecular weight excluding hydrogens is 316 g/mol. The number of hydrogen-bond donors (Lipinski definition) is 1. The van der Waals surface area contributed by atoms with E-state index in [0.29, 0.717) is 0 Å². The zero-order valence-electron chi connectivity index (χ0n) is 11.2. The third-order valence-electron chi connectivity index (χ3n) is 3.80. The van der Waals surface area contributed by atoms with E-state index in [-0.39, 0.29) is 12.0 Å². The molecule has 4 nitrogen and oxygen atoms in total. The van der Waals surface area contributed by atoms with Gasteiger partial charge in [-0.05, 0) is 31.2 Å². The summed E-state index contributed by atoms with van der Waals surface area (Å²) in [6.07, 6.45) is 2.71. The lowest BCUT2D eigenvalue weighted by Gasteiger charge is -2.16. The van der Waals surface area contributed by atoms with Gasteiger partial charge in [-0.2, -0.15) is 5.26 Å². The first-order chi connectivity index (χ1) is 9.67. The number of H-pyrrole nitrogens is 1. The summed E-state index contributed by atoms with van der Waals surface area (Å²) in [6.45, 7) is 0.815. The highest BCUT2D eigenvalue weighted by Crippen LogP contribution is 2.33. The molecule has 1 aliphatic heterocycles. The van der Waals surface area contributed by atoms with Crippen LogP contribution >= 0.6 is 15.9 Å². The van der Waals surface area contributed by atoms with Gasteiger partial charge in [0.25, 0.3) is 0 Å². The Morgan fingerprint density at radius 3 is 2.80 bits per heavy atom. The minimum absolute atomic E-state index is 0.103. The Morgan fingerprint density at radius 2 is 2.15 bits per heavy atom. The highest BCUT2D eigenvalue weighted by Gasteiger charge is 2.32. The van der Waals surface area contributed by atoms with Gasteiger partial charge in [0.05, 0.1) is 29.9 Å². The number of likely N-dealkylation sites (tertiary alicyclic amines) is 1. The summed E-state index contributed by atoms with van der Waals surface area (Å²) in [4.78, 5) is 10.1. The number of nitrogens with one attached hydrogen (secondary N) is 1. The molecular formula is C15H15BrN4. The van der Waals surface area contributed by atoms with Crippen LogP contribution in [-0.4, -0.2) is 28.5 Å². The van der Waals surface area contributed by atoms with Gasteiger partial charge in [0.1, 0.15) is 5.82 Å². The molecule has 0 aliphatic carbocycles. The van der Waals surface area contributed by atoms with Gasteiger partial charge in [0.2, 0.25) is 0 Å². The predicted molar refractivity (Wildman–Crippen MR) is 80.8 cm³/mol. The first-order valence-electron chi connectivity index (χ1n) is 6.58.